The third-order valence-electron chi connectivity index (χ3n) is 3.27. The Hall–Kier alpha value is -2.43. The summed E-state index contributed by atoms with van der Waals surface area (Å²) in [5.74, 6) is -1.18. The quantitative estimate of drug-likeness (QED) is 0.924. The molecule has 1 unspecified atom stereocenters. The van der Waals surface area contributed by atoms with Crippen molar-refractivity contribution in [3.63, 3.8) is 0 Å². The first-order valence-electron chi connectivity index (χ1n) is 6.34. The number of hydrogen-bond acceptors (Lipinski definition) is 3. The smallest absolute Gasteiger partial charge is 0.341 e. The summed E-state index contributed by atoms with van der Waals surface area (Å²) in [5.41, 5.74) is 0.858. The lowest BCUT2D eigenvalue weighted by Gasteiger charge is -2.16. The zero-order valence-corrected chi connectivity index (χ0v) is 11.4. The summed E-state index contributed by atoms with van der Waals surface area (Å²) in [4.78, 5) is 27.4. The Morgan fingerprint density at radius 3 is 2.80 bits per heavy atom. The predicted molar refractivity (Wildman–Crippen MR) is 75.1 cm³/mol. The molecule has 0 aliphatic rings. The van der Waals surface area contributed by atoms with Crippen molar-refractivity contribution >= 4 is 5.97 Å². The normalized spacial score (nSPS) is 12.1. The first-order valence-corrected chi connectivity index (χ1v) is 6.34. The third kappa shape index (κ3) is 2.77. The summed E-state index contributed by atoms with van der Waals surface area (Å²) in [6.45, 7) is 3.51. The van der Waals surface area contributed by atoms with E-state index < -0.39 is 11.5 Å². The van der Waals surface area contributed by atoms with E-state index in [2.05, 4.69) is 4.98 Å². The number of aryl methyl sites for hydroxylation is 1. The number of aromatic nitrogens is 2. The minimum atomic E-state index is -1.18. The van der Waals surface area contributed by atoms with Crippen LogP contribution in [-0.4, -0.2) is 20.6 Å². The van der Waals surface area contributed by atoms with Gasteiger partial charge in [-0.15, -0.1) is 0 Å². The standard InChI is InChI=1S/C15H16N2O3/c1-10-5-7-17(14(18)13(10)15(19)20)11(2)8-12-4-3-6-16-9-12/h3-7,9,11H,8H2,1-2H3,(H,19,20). The summed E-state index contributed by atoms with van der Waals surface area (Å²) in [6, 6.07) is 5.29. The minimum Gasteiger partial charge on any atom is -0.477 e. The van der Waals surface area contributed by atoms with Gasteiger partial charge in [-0.05, 0) is 43.5 Å². The van der Waals surface area contributed by atoms with Crippen molar-refractivity contribution in [1.29, 1.82) is 0 Å². The van der Waals surface area contributed by atoms with E-state index >= 15 is 0 Å². The van der Waals surface area contributed by atoms with Gasteiger partial charge in [0.15, 0.2) is 0 Å². The second-order valence-corrected chi connectivity index (χ2v) is 4.81. The topological polar surface area (TPSA) is 72.2 Å². The van der Waals surface area contributed by atoms with Crippen molar-refractivity contribution in [2.24, 2.45) is 0 Å². The zero-order chi connectivity index (χ0) is 14.7. The molecule has 2 heterocycles. The number of aromatic carboxylic acids is 1. The Balaban J connectivity index is 2.36. The highest BCUT2D eigenvalue weighted by atomic mass is 16.4. The number of rotatable bonds is 4. The van der Waals surface area contributed by atoms with Crippen LogP contribution in [0.4, 0.5) is 0 Å². The molecule has 0 aromatic carbocycles. The molecule has 2 aromatic heterocycles. The maximum atomic E-state index is 12.2. The number of carbonyl (C=O) groups is 1. The highest BCUT2D eigenvalue weighted by molar-refractivity contribution is 5.88. The average Bonchev–Trinajstić information content (AvgIpc) is 2.39. The Kier molecular flexibility index (Phi) is 3.98. The Bertz CT molecular complexity index is 677. The van der Waals surface area contributed by atoms with Crippen LogP contribution in [0.5, 0.6) is 0 Å². The Labute approximate surface area is 116 Å². The van der Waals surface area contributed by atoms with Gasteiger partial charge in [-0.2, -0.15) is 0 Å². The molecule has 0 fully saturated rings. The molecule has 0 saturated carbocycles. The molecule has 5 heteroatoms. The van der Waals surface area contributed by atoms with E-state index in [0.29, 0.717) is 12.0 Å². The van der Waals surface area contributed by atoms with Crippen LogP contribution >= 0.6 is 0 Å². The Morgan fingerprint density at radius 1 is 1.45 bits per heavy atom. The molecule has 5 nitrogen and oxygen atoms in total. The highest BCUT2D eigenvalue weighted by Gasteiger charge is 2.17. The van der Waals surface area contributed by atoms with Gasteiger partial charge in [-0.25, -0.2) is 4.79 Å². The largest absolute Gasteiger partial charge is 0.477 e. The second-order valence-electron chi connectivity index (χ2n) is 4.81. The summed E-state index contributed by atoms with van der Waals surface area (Å²) in [7, 11) is 0. The van der Waals surface area contributed by atoms with E-state index in [1.165, 1.54) is 4.57 Å². The number of hydrogen-bond donors (Lipinski definition) is 1. The van der Waals surface area contributed by atoms with E-state index in [1.54, 1.807) is 31.6 Å². The lowest BCUT2D eigenvalue weighted by molar-refractivity contribution is 0.0693. The fraction of sp³-hybridized carbons (Fsp3) is 0.267. The molecule has 0 spiro atoms. The van der Waals surface area contributed by atoms with Crippen molar-refractivity contribution in [2.75, 3.05) is 0 Å². The van der Waals surface area contributed by atoms with Gasteiger partial charge in [0.1, 0.15) is 5.56 Å². The molecular formula is C15H16N2O3. The second kappa shape index (κ2) is 5.69. The maximum absolute atomic E-state index is 12.2. The average molecular weight is 272 g/mol. The van der Waals surface area contributed by atoms with Gasteiger partial charge >= 0.3 is 5.97 Å². The SMILES string of the molecule is Cc1ccn(C(C)Cc2cccnc2)c(=O)c1C(=O)O. The number of carboxylic acid groups (broad SMARTS) is 1. The van der Waals surface area contributed by atoms with Gasteiger partial charge in [-0.1, -0.05) is 6.07 Å². The van der Waals surface area contributed by atoms with Crippen LogP contribution in [0.3, 0.4) is 0 Å². The summed E-state index contributed by atoms with van der Waals surface area (Å²) in [6.07, 6.45) is 5.70. The fourth-order valence-corrected chi connectivity index (χ4v) is 2.21. The molecule has 104 valence electrons. The van der Waals surface area contributed by atoms with Crippen LogP contribution in [0.1, 0.15) is 34.5 Å². The molecule has 2 rings (SSSR count). The molecule has 0 amide bonds. The highest BCUT2D eigenvalue weighted by Crippen LogP contribution is 2.12. The van der Waals surface area contributed by atoms with Crippen LogP contribution in [0.15, 0.2) is 41.6 Å². The summed E-state index contributed by atoms with van der Waals surface area (Å²) < 4.78 is 1.46. The molecule has 2 aromatic rings. The monoisotopic (exact) mass is 272 g/mol. The van der Waals surface area contributed by atoms with Gasteiger partial charge in [-0.3, -0.25) is 9.78 Å². The van der Waals surface area contributed by atoms with E-state index in [-0.39, 0.29) is 11.6 Å². The van der Waals surface area contributed by atoms with E-state index in [0.717, 1.165) is 5.56 Å². The lowest BCUT2D eigenvalue weighted by atomic mass is 10.1. The zero-order valence-electron chi connectivity index (χ0n) is 11.4. The number of carboxylic acids is 1. The van der Waals surface area contributed by atoms with Gasteiger partial charge in [0.25, 0.3) is 5.56 Å². The third-order valence-corrected chi connectivity index (χ3v) is 3.27. The molecule has 0 bridgehead atoms. The molecule has 0 saturated heterocycles. The molecule has 0 radical (unpaired) electrons. The lowest BCUT2D eigenvalue weighted by Crippen LogP contribution is -2.30. The van der Waals surface area contributed by atoms with Gasteiger partial charge in [0.2, 0.25) is 0 Å². The first-order chi connectivity index (χ1) is 9.50. The molecule has 1 N–H and O–H groups in total. The van der Waals surface area contributed by atoms with Crippen molar-refractivity contribution in [3.8, 4) is 0 Å². The van der Waals surface area contributed by atoms with Crippen molar-refractivity contribution in [3.05, 3.63) is 63.8 Å². The number of nitrogens with zero attached hydrogens (tertiary/aromatic N) is 2. The van der Waals surface area contributed by atoms with Crippen LogP contribution in [0.25, 0.3) is 0 Å². The predicted octanol–water partition coefficient (Wildman–Crippen LogP) is 2.05. The van der Waals surface area contributed by atoms with E-state index in [4.69, 9.17) is 5.11 Å². The Morgan fingerprint density at radius 2 is 2.20 bits per heavy atom. The molecule has 0 aliphatic carbocycles. The van der Waals surface area contributed by atoms with Crippen LogP contribution < -0.4 is 5.56 Å². The first kappa shape index (κ1) is 14.0. The number of pyridine rings is 2. The molecular weight excluding hydrogens is 256 g/mol. The fourth-order valence-electron chi connectivity index (χ4n) is 2.21. The van der Waals surface area contributed by atoms with E-state index in [1.807, 2.05) is 19.1 Å². The van der Waals surface area contributed by atoms with Gasteiger partial charge in [0.05, 0.1) is 0 Å². The van der Waals surface area contributed by atoms with Crippen molar-refractivity contribution < 1.29 is 9.90 Å². The maximum Gasteiger partial charge on any atom is 0.341 e. The molecule has 0 aliphatic heterocycles. The summed E-state index contributed by atoms with van der Waals surface area (Å²) >= 11 is 0. The van der Waals surface area contributed by atoms with Crippen molar-refractivity contribution in [2.45, 2.75) is 26.3 Å². The minimum absolute atomic E-state index is 0.134. The van der Waals surface area contributed by atoms with E-state index in [9.17, 15) is 9.59 Å². The summed E-state index contributed by atoms with van der Waals surface area (Å²) in [5, 5.41) is 9.12. The molecule has 20 heavy (non-hydrogen) atoms. The van der Waals surface area contributed by atoms with Crippen LogP contribution in [-0.2, 0) is 6.42 Å². The molecule has 1 atom stereocenters. The van der Waals surface area contributed by atoms with Crippen LogP contribution in [0.2, 0.25) is 0 Å². The van der Waals surface area contributed by atoms with Crippen LogP contribution in [0, 0.1) is 6.92 Å². The van der Waals surface area contributed by atoms with Gasteiger partial charge in [0, 0.05) is 24.6 Å². The van der Waals surface area contributed by atoms with Gasteiger partial charge < -0.3 is 9.67 Å². The van der Waals surface area contributed by atoms with Crippen molar-refractivity contribution in [1.82, 2.24) is 9.55 Å².